The first kappa shape index (κ1) is 35.1. The van der Waals surface area contributed by atoms with E-state index in [0.717, 1.165) is 23.9 Å². The molecule has 0 atom stereocenters. The number of likely N-dealkylation sites (tertiary alicyclic amines) is 2. The number of para-hydroxylation sites is 2. The van der Waals surface area contributed by atoms with Crippen LogP contribution in [-0.2, 0) is 0 Å². The Morgan fingerprint density at radius 1 is 0.615 bits per heavy atom. The van der Waals surface area contributed by atoms with Crippen LogP contribution in [0.5, 0.6) is 17.2 Å². The molecular formula is C39H47N8O5+3. The first-order valence-corrected chi connectivity index (χ1v) is 18.3. The van der Waals surface area contributed by atoms with Gasteiger partial charge in [-0.15, -0.1) is 0 Å². The average molecular weight is 708 g/mol. The summed E-state index contributed by atoms with van der Waals surface area (Å²) in [5.74, 6) is 1.11. The zero-order valence-electron chi connectivity index (χ0n) is 29.4. The van der Waals surface area contributed by atoms with E-state index in [-0.39, 0.29) is 11.4 Å². The Morgan fingerprint density at radius 2 is 1.08 bits per heavy atom. The molecular weight excluding hydrogens is 660 g/mol. The Hall–Kier alpha value is -5.37. The number of quaternary nitrogens is 3. The van der Waals surface area contributed by atoms with Gasteiger partial charge in [-0.2, -0.15) is 0 Å². The van der Waals surface area contributed by atoms with Crippen molar-refractivity contribution in [2.45, 2.75) is 25.7 Å². The maximum Gasteiger partial charge on any atom is 0.275 e. The van der Waals surface area contributed by atoms with Gasteiger partial charge in [0.25, 0.3) is 11.8 Å². The van der Waals surface area contributed by atoms with Gasteiger partial charge in [-0.05, 0) is 24.3 Å². The minimum absolute atomic E-state index is 0.0123. The van der Waals surface area contributed by atoms with Gasteiger partial charge >= 0.3 is 0 Å². The fourth-order valence-corrected chi connectivity index (χ4v) is 6.89. The molecule has 270 valence electrons. The van der Waals surface area contributed by atoms with Crippen LogP contribution in [0.15, 0.2) is 72.8 Å². The van der Waals surface area contributed by atoms with E-state index < -0.39 is 11.8 Å². The number of carbonyl (C=O) groups excluding carboxylic acids is 2. The predicted octanol–water partition coefficient (Wildman–Crippen LogP) is 1.42. The molecule has 5 heterocycles. The maximum absolute atomic E-state index is 13.7. The molecule has 3 aromatic heterocycles. The van der Waals surface area contributed by atoms with E-state index in [9.17, 15) is 9.59 Å². The van der Waals surface area contributed by atoms with E-state index in [1.807, 2.05) is 48.5 Å². The first-order chi connectivity index (χ1) is 25.5. The van der Waals surface area contributed by atoms with Crippen LogP contribution in [0.1, 0.15) is 46.7 Å². The molecule has 0 unspecified atom stereocenters. The summed E-state index contributed by atoms with van der Waals surface area (Å²) in [5, 5.41) is 7.45. The van der Waals surface area contributed by atoms with Gasteiger partial charge in [0, 0.05) is 60.7 Å². The quantitative estimate of drug-likeness (QED) is 0.109. The normalized spacial score (nSPS) is 14.9. The van der Waals surface area contributed by atoms with Gasteiger partial charge in [0.05, 0.1) is 37.2 Å². The Morgan fingerprint density at radius 3 is 1.54 bits per heavy atom. The summed E-state index contributed by atoms with van der Waals surface area (Å²) in [7, 11) is 0. The van der Waals surface area contributed by atoms with Crippen LogP contribution < -0.4 is 40.4 Å². The number of hydrogen-bond donors (Lipinski definition) is 5. The minimum atomic E-state index is -0.552. The summed E-state index contributed by atoms with van der Waals surface area (Å²) in [6, 6.07) is 21.8. The number of carbonyl (C=O) groups is 2. The molecule has 0 spiro atoms. The summed E-state index contributed by atoms with van der Waals surface area (Å²) < 4.78 is 18.3. The second-order valence-corrected chi connectivity index (χ2v) is 13.3. The van der Waals surface area contributed by atoms with Crippen molar-refractivity contribution in [3.8, 4) is 17.2 Å². The molecule has 2 saturated heterocycles. The summed E-state index contributed by atoms with van der Waals surface area (Å²) in [6.45, 7) is 8.40. The molecule has 13 nitrogen and oxygen atoms in total. The van der Waals surface area contributed by atoms with Gasteiger partial charge in [0.1, 0.15) is 79.7 Å². The van der Waals surface area contributed by atoms with Crippen molar-refractivity contribution in [2.24, 2.45) is 0 Å². The van der Waals surface area contributed by atoms with E-state index in [1.54, 1.807) is 12.1 Å². The Bertz CT molecular complexity index is 1890. The highest BCUT2D eigenvalue weighted by molar-refractivity contribution is 6.07. The number of anilines is 2. The molecule has 2 fully saturated rings. The summed E-state index contributed by atoms with van der Waals surface area (Å²) in [5.41, 5.74) is 5.19. The second kappa shape index (κ2) is 16.8. The number of rotatable bonds is 15. The third-order valence-corrected chi connectivity index (χ3v) is 9.56. The summed E-state index contributed by atoms with van der Waals surface area (Å²) >= 11 is 0. The van der Waals surface area contributed by atoms with Crippen molar-refractivity contribution in [1.29, 1.82) is 0 Å². The standard InChI is InChI=1S/C39H44N8O5/c40-13-20-50-27-23-32(38(48)44-36-25-34(28-9-1-3-11-30(28)42-36)51-21-18-46-14-5-6-15-46)41-33(24-27)39(49)45-37-26-35(29-10-2-4-12-31(29)43-37)52-22-19-47-16-7-8-17-47/h1-4,9-12,23-26H,5-8,13-22,40H2,(H,42,44,48)(H,43,45,49)/p+3. The lowest BCUT2D eigenvalue weighted by Crippen LogP contribution is -3.10. The van der Waals surface area contributed by atoms with Crippen LogP contribution in [0, 0.1) is 0 Å². The number of pyridine rings is 3. The van der Waals surface area contributed by atoms with Crippen LogP contribution in [0.2, 0.25) is 0 Å². The smallest absolute Gasteiger partial charge is 0.275 e. The molecule has 2 aliphatic heterocycles. The molecule has 13 heteroatoms. The van der Waals surface area contributed by atoms with Crippen LogP contribution in [0.25, 0.3) is 21.8 Å². The van der Waals surface area contributed by atoms with Crippen LogP contribution in [-0.4, -0.2) is 92.4 Å². The van der Waals surface area contributed by atoms with Crippen molar-refractivity contribution in [2.75, 3.05) is 76.3 Å². The second-order valence-electron chi connectivity index (χ2n) is 13.3. The topological polar surface area (TPSA) is 161 Å². The molecule has 7 N–H and O–H groups in total. The molecule has 52 heavy (non-hydrogen) atoms. The fourth-order valence-electron chi connectivity index (χ4n) is 6.89. The third-order valence-electron chi connectivity index (χ3n) is 9.56. The molecule has 0 saturated carbocycles. The number of fused-ring (bicyclic) bond motifs is 2. The van der Waals surface area contributed by atoms with Gasteiger partial charge in [-0.25, -0.2) is 15.0 Å². The largest absolute Gasteiger partial charge is 0.488 e. The first-order valence-electron chi connectivity index (χ1n) is 18.3. The molecule has 7 rings (SSSR count). The highest BCUT2D eigenvalue weighted by Gasteiger charge is 2.21. The number of nitrogens with one attached hydrogen (secondary N) is 4. The lowest BCUT2D eigenvalue weighted by Gasteiger charge is -2.15. The number of aromatic nitrogens is 3. The Kier molecular flexibility index (Phi) is 11.3. The van der Waals surface area contributed by atoms with Crippen molar-refractivity contribution < 1.29 is 39.3 Å². The SMILES string of the molecule is [NH3+]CCOc1cc(C(=O)Nc2cc(OCC[NH+]3CCCC3)c3ccccc3n2)nc(C(=O)Nc2cc(OCC[NH+]3CCCC3)c3ccccc3n2)c1. The minimum Gasteiger partial charge on any atom is -0.488 e. The van der Waals surface area contributed by atoms with Crippen molar-refractivity contribution in [3.05, 3.63) is 84.2 Å². The van der Waals surface area contributed by atoms with Gasteiger partial charge in [-0.1, -0.05) is 24.3 Å². The molecule has 0 bridgehead atoms. The van der Waals surface area contributed by atoms with E-state index in [4.69, 9.17) is 14.2 Å². The van der Waals surface area contributed by atoms with E-state index in [2.05, 4.69) is 31.3 Å². The van der Waals surface area contributed by atoms with Crippen molar-refractivity contribution in [3.63, 3.8) is 0 Å². The van der Waals surface area contributed by atoms with Crippen LogP contribution >= 0.6 is 0 Å². The molecule has 0 aliphatic carbocycles. The number of benzene rings is 2. The van der Waals surface area contributed by atoms with E-state index in [1.165, 1.54) is 73.8 Å². The zero-order chi connectivity index (χ0) is 35.7. The van der Waals surface area contributed by atoms with Gasteiger partial charge in [0.15, 0.2) is 0 Å². The molecule has 0 radical (unpaired) electrons. The summed E-state index contributed by atoms with van der Waals surface area (Å²) in [6.07, 6.45) is 4.99. The Labute approximate surface area is 302 Å². The molecule has 2 aromatic carbocycles. The van der Waals surface area contributed by atoms with Crippen molar-refractivity contribution >= 4 is 45.3 Å². The Balaban J connectivity index is 1.10. The van der Waals surface area contributed by atoms with Gasteiger partial charge in [-0.3, -0.25) is 9.59 Å². The monoisotopic (exact) mass is 707 g/mol. The average Bonchev–Trinajstić information content (AvgIpc) is 3.89. The van der Waals surface area contributed by atoms with Crippen LogP contribution in [0.3, 0.4) is 0 Å². The molecule has 2 amide bonds. The predicted molar refractivity (Wildman–Crippen MR) is 197 cm³/mol. The lowest BCUT2D eigenvalue weighted by molar-refractivity contribution is -0.887. The van der Waals surface area contributed by atoms with Crippen LogP contribution in [0.4, 0.5) is 11.6 Å². The number of amides is 2. The lowest BCUT2D eigenvalue weighted by atomic mass is 10.2. The highest BCUT2D eigenvalue weighted by atomic mass is 16.5. The van der Waals surface area contributed by atoms with Gasteiger partial charge < -0.3 is 40.4 Å². The van der Waals surface area contributed by atoms with E-state index in [0.29, 0.717) is 66.3 Å². The fraction of sp³-hybridized carbons (Fsp3) is 0.359. The number of ether oxygens (including phenoxy) is 3. The zero-order valence-corrected chi connectivity index (χ0v) is 29.4. The van der Waals surface area contributed by atoms with Gasteiger partial charge in [0.2, 0.25) is 0 Å². The highest BCUT2D eigenvalue weighted by Crippen LogP contribution is 2.29. The maximum atomic E-state index is 13.7. The molecule has 2 aliphatic rings. The number of nitrogens with zero attached hydrogens (tertiary/aromatic N) is 3. The molecule has 5 aromatic rings. The van der Waals surface area contributed by atoms with Crippen molar-refractivity contribution in [1.82, 2.24) is 15.0 Å². The summed E-state index contributed by atoms with van der Waals surface area (Å²) in [4.78, 5) is 44.3. The third kappa shape index (κ3) is 8.73. The number of hydrogen-bond acceptors (Lipinski definition) is 8. The van der Waals surface area contributed by atoms with E-state index >= 15 is 0 Å².